The Labute approximate surface area is 135 Å². The molecule has 0 unspecified atom stereocenters. The highest BCUT2D eigenvalue weighted by atomic mass is 16.2. The third-order valence-electron chi connectivity index (χ3n) is 4.02. The molecule has 1 aliphatic heterocycles. The van der Waals surface area contributed by atoms with Crippen LogP contribution in [0.5, 0.6) is 0 Å². The van der Waals surface area contributed by atoms with Crippen molar-refractivity contribution in [3.05, 3.63) is 59.2 Å². The minimum atomic E-state index is -0.0560. The summed E-state index contributed by atoms with van der Waals surface area (Å²) in [7, 11) is 0. The molecule has 0 bridgehead atoms. The van der Waals surface area contributed by atoms with Crippen LogP contribution in [-0.4, -0.2) is 11.8 Å². The van der Waals surface area contributed by atoms with Crippen molar-refractivity contribution in [2.75, 3.05) is 10.6 Å². The van der Waals surface area contributed by atoms with E-state index in [9.17, 15) is 9.59 Å². The number of benzene rings is 2. The first-order valence-electron chi connectivity index (χ1n) is 7.83. The second-order valence-electron chi connectivity index (χ2n) is 6.22. The number of rotatable bonds is 4. The Balaban J connectivity index is 1.63. The molecule has 3 rings (SSSR count). The fraction of sp³-hybridized carbons (Fsp3) is 0.263. The van der Waals surface area contributed by atoms with Gasteiger partial charge < -0.3 is 10.6 Å². The molecular weight excluding hydrogens is 288 g/mol. The molecule has 0 fully saturated rings. The summed E-state index contributed by atoms with van der Waals surface area (Å²) in [5, 5.41) is 5.70. The van der Waals surface area contributed by atoms with Crippen LogP contribution in [0.15, 0.2) is 42.5 Å². The summed E-state index contributed by atoms with van der Waals surface area (Å²) in [5.41, 5.74) is 4.78. The molecule has 2 aromatic carbocycles. The number of carbonyl (C=O) groups excluding carboxylic acids is 2. The molecule has 0 aliphatic carbocycles. The van der Waals surface area contributed by atoms with Crippen molar-refractivity contribution in [2.24, 2.45) is 0 Å². The quantitative estimate of drug-likeness (QED) is 0.908. The van der Waals surface area contributed by atoms with E-state index in [1.165, 1.54) is 5.56 Å². The van der Waals surface area contributed by atoms with Crippen LogP contribution in [0.2, 0.25) is 0 Å². The van der Waals surface area contributed by atoms with E-state index in [1.807, 2.05) is 42.5 Å². The number of fused-ring (bicyclic) bond motifs is 1. The van der Waals surface area contributed by atoms with Gasteiger partial charge in [-0.1, -0.05) is 38.1 Å². The first-order chi connectivity index (χ1) is 11.0. The van der Waals surface area contributed by atoms with Gasteiger partial charge >= 0.3 is 0 Å². The second-order valence-corrected chi connectivity index (χ2v) is 6.22. The Morgan fingerprint density at radius 1 is 1.17 bits per heavy atom. The van der Waals surface area contributed by atoms with Crippen LogP contribution < -0.4 is 10.6 Å². The molecule has 0 radical (unpaired) electrons. The lowest BCUT2D eigenvalue weighted by Crippen LogP contribution is -2.14. The average molecular weight is 308 g/mol. The van der Waals surface area contributed by atoms with E-state index < -0.39 is 0 Å². The lowest BCUT2D eigenvalue weighted by atomic mass is 10.0. The van der Waals surface area contributed by atoms with Crippen LogP contribution in [0.1, 0.15) is 36.5 Å². The number of hydrogen-bond donors (Lipinski definition) is 2. The number of hydrogen-bond acceptors (Lipinski definition) is 2. The van der Waals surface area contributed by atoms with Crippen LogP contribution in [0, 0.1) is 0 Å². The maximum Gasteiger partial charge on any atom is 0.228 e. The lowest BCUT2D eigenvalue weighted by molar-refractivity contribution is -0.116. The Hall–Kier alpha value is -2.62. The van der Waals surface area contributed by atoms with E-state index in [2.05, 4.69) is 24.5 Å². The molecule has 0 atom stereocenters. The predicted molar refractivity (Wildman–Crippen MR) is 91.6 cm³/mol. The van der Waals surface area contributed by atoms with Gasteiger partial charge in [0.1, 0.15) is 0 Å². The molecule has 2 N–H and O–H groups in total. The third kappa shape index (κ3) is 3.59. The molecule has 4 nitrogen and oxygen atoms in total. The van der Waals surface area contributed by atoms with E-state index >= 15 is 0 Å². The molecule has 2 aromatic rings. The summed E-state index contributed by atoms with van der Waals surface area (Å²) in [6.45, 7) is 4.28. The highest BCUT2D eigenvalue weighted by molar-refractivity contribution is 5.99. The fourth-order valence-electron chi connectivity index (χ4n) is 2.73. The van der Waals surface area contributed by atoms with Gasteiger partial charge in [-0.05, 0) is 40.8 Å². The van der Waals surface area contributed by atoms with Gasteiger partial charge in [-0.3, -0.25) is 9.59 Å². The second kappa shape index (κ2) is 6.24. The first-order valence-corrected chi connectivity index (χ1v) is 7.83. The smallest absolute Gasteiger partial charge is 0.228 e. The topological polar surface area (TPSA) is 58.2 Å². The minimum Gasteiger partial charge on any atom is -0.326 e. The van der Waals surface area contributed by atoms with Gasteiger partial charge in [-0.15, -0.1) is 0 Å². The number of carbonyl (C=O) groups is 2. The summed E-state index contributed by atoms with van der Waals surface area (Å²) in [5.74, 6) is 0.425. The van der Waals surface area contributed by atoms with E-state index in [1.54, 1.807) is 0 Å². The van der Waals surface area contributed by atoms with Crippen LogP contribution in [-0.2, 0) is 22.4 Å². The van der Waals surface area contributed by atoms with Gasteiger partial charge in [0.25, 0.3) is 0 Å². The highest BCUT2D eigenvalue weighted by Gasteiger charge is 2.18. The van der Waals surface area contributed by atoms with E-state index in [-0.39, 0.29) is 11.8 Å². The van der Waals surface area contributed by atoms with E-state index in [0.717, 1.165) is 22.5 Å². The normalized spacial score (nSPS) is 12.9. The Bertz CT molecular complexity index is 748. The SMILES string of the molecule is CC(C)c1ccc(NC(=O)Cc2ccc3c(c2)CC(=O)N3)cc1. The fourth-order valence-corrected chi connectivity index (χ4v) is 2.73. The van der Waals surface area contributed by atoms with Gasteiger partial charge in [0.05, 0.1) is 12.8 Å². The summed E-state index contributed by atoms with van der Waals surface area (Å²) in [6.07, 6.45) is 0.689. The first kappa shape index (κ1) is 15.3. The van der Waals surface area contributed by atoms with Gasteiger partial charge in [-0.2, -0.15) is 0 Å². The molecule has 23 heavy (non-hydrogen) atoms. The lowest BCUT2D eigenvalue weighted by Gasteiger charge is -2.09. The summed E-state index contributed by atoms with van der Waals surface area (Å²) in [6, 6.07) is 13.6. The number of amides is 2. The molecule has 4 heteroatoms. The minimum absolute atomic E-state index is 0.00634. The highest BCUT2D eigenvalue weighted by Crippen LogP contribution is 2.24. The van der Waals surface area contributed by atoms with Gasteiger partial charge in [0.2, 0.25) is 11.8 Å². The van der Waals surface area contributed by atoms with Crippen LogP contribution >= 0.6 is 0 Å². The zero-order valence-corrected chi connectivity index (χ0v) is 13.3. The van der Waals surface area contributed by atoms with Crippen LogP contribution in [0.4, 0.5) is 11.4 Å². The van der Waals surface area contributed by atoms with Crippen molar-refractivity contribution in [2.45, 2.75) is 32.6 Å². The molecule has 1 heterocycles. The van der Waals surface area contributed by atoms with Gasteiger partial charge in [0.15, 0.2) is 0 Å². The number of anilines is 2. The molecule has 0 spiro atoms. The molecule has 0 saturated carbocycles. The predicted octanol–water partition coefficient (Wildman–Crippen LogP) is 3.49. The monoisotopic (exact) mass is 308 g/mol. The summed E-state index contributed by atoms with van der Waals surface area (Å²) in [4.78, 5) is 23.5. The van der Waals surface area contributed by atoms with Crippen molar-refractivity contribution >= 4 is 23.2 Å². The molecule has 0 saturated heterocycles. The van der Waals surface area contributed by atoms with Gasteiger partial charge in [0, 0.05) is 11.4 Å². The Morgan fingerprint density at radius 3 is 2.61 bits per heavy atom. The molecule has 0 aromatic heterocycles. The van der Waals surface area contributed by atoms with E-state index in [0.29, 0.717) is 18.8 Å². The van der Waals surface area contributed by atoms with Gasteiger partial charge in [-0.25, -0.2) is 0 Å². The largest absolute Gasteiger partial charge is 0.326 e. The average Bonchev–Trinajstić information content (AvgIpc) is 2.87. The van der Waals surface area contributed by atoms with Crippen molar-refractivity contribution in [1.82, 2.24) is 0 Å². The molecule has 1 aliphatic rings. The zero-order valence-electron chi connectivity index (χ0n) is 13.3. The van der Waals surface area contributed by atoms with E-state index in [4.69, 9.17) is 0 Å². The Morgan fingerprint density at radius 2 is 1.91 bits per heavy atom. The standard InChI is InChI=1S/C19H20N2O2/c1-12(2)14-4-6-16(7-5-14)20-18(22)10-13-3-8-17-15(9-13)11-19(23)21-17/h3-9,12H,10-11H2,1-2H3,(H,20,22)(H,21,23). The third-order valence-corrected chi connectivity index (χ3v) is 4.02. The molecule has 2 amide bonds. The molecule has 118 valence electrons. The molecular formula is C19H20N2O2. The summed E-state index contributed by atoms with van der Waals surface area (Å²) >= 11 is 0. The van der Waals surface area contributed by atoms with Crippen molar-refractivity contribution in [3.63, 3.8) is 0 Å². The maximum atomic E-state index is 12.2. The van der Waals surface area contributed by atoms with Crippen LogP contribution in [0.25, 0.3) is 0 Å². The zero-order chi connectivity index (χ0) is 16.4. The maximum absolute atomic E-state index is 12.2. The van der Waals surface area contributed by atoms with Crippen molar-refractivity contribution in [3.8, 4) is 0 Å². The van der Waals surface area contributed by atoms with Crippen molar-refractivity contribution < 1.29 is 9.59 Å². The summed E-state index contributed by atoms with van der Waals surface area (Å²) < 4.78 is 0. The van der Waals surface area contributed by atoms with Crippen LogP contribution in [0.3, 0.4) is 0 Å². The number of nitrogens with one attached hydrogen (secondary N) is 2. The van der Waals surface area contributed by atoms with Crippen molar-refractivity contribution in [1.29, 1.82) is 0 Å². The Kier molecular flexibility index (Phi) is 4.15.